The summed E-state index contributed by atoms with van der Waals surface area (Å²) in [4.78, 5) is 19.8. The lowest BCUT2D eigenvalue weighted by Crippen LogP contribution is -2.35. The highest BCUT2D eigenvalue weighted by atomic mass is 32.1. The van der Waals surface area contributed by atoms with Crippen LogP contribution in [-0.4, -0.2) is 28.9 Å². The molecule has 1 amide bonds. The third-order valence-electron chi connectivity index (χ3n) is 3.78. The van der Waals surface area contributed by atoms with E-state index in [0.717, 1.165) is 47.3 Å². The first-order valence-corrected chi connectivity index (χ1v) is 8.49. The van der Waals surface area contributed by atoms with Crippen molar-refractivity contribution in [3.05, 3.63) is 45.9 Å². The number of aromatic nitrogens is 1. The second kappa shape index (κ2) is 6.92. The summed E-state index contributed by atoms with van der Waals surface area (Å²) in [6.45, 7) is 4.04. The van der Waals surface area contributed by atoms with Crippen molar-refractivity contribution < 1.29 is 9.53 Å². The van der Waals surface area contributed by atoms with Gasteiger partial charge in [-0.05, 0) is 38.3 Å². The van der Waals surface area contributed by atoms with Crippen molar-refractivity contribution in [2.75, 3.05) is 13.1 Å². The minimum absolute atomic E-state index is 0.126. The summed E-state index contributed by atoms with van der Waals surface area (Å²) >= 11 is 1.45. The van der Waals surface area contributed by atoms with E-state index in [2.05, 4.69) is 4.98 Å². The molecule has 4 nitrogen and oxygen atoms in total. The third kappa shape index (κ3) is 3.47. The first-order valence-electron chi connectivity index (χ1n) is 7.67. The summed E-state index contributed by atoms with van der Waals surface area (Å²) in [6.07, 6.45) is 3.43. The van der Waals surface area contributed by atoms with Crippen molar-refractivity contribution in [1.29, 1.82) is 0 Å². The van der Waals surface area contributed by atoms with E-state index < -0.39 is 0 Å². The van der Waals surface area contributed by atoms with Crippen molar-refractivity contribution in [3.63, 3.8) is 0 Å². The van der Waals surface area contributed by atoms with Crippen LogP contribution in [0.3, 0.4) is 0 Å². The Morgan fingerprint density at radius 2 is 1.95 bits per heavy atom. The molecule has 2 heterocycles. The van der Waals surface area contributed by atoms with E-state index in [1.807, 2.05) is 42.2 Å². The molecule has 0 spiro atoms. The number of amides is 1. The lowest BCUT2D eigenvalue weighted by Gasteiger charge is -2.26. The number of nitrogens with zero attached hydrogens (tertiary/aromatic N) is 2. The Hall–Kier alpha value is -1.88. The molecular weight excluding hydrogens is 296 g/mol. The molecule has 22 heavy (non-hydrogen) atoms. The van der Waals surface area contributed by atoms with Crippen LogP contribution in [0, 0.1) is 6.92 Å². The van der Waals surface area contributed by atoms with Gasteiger partial charge in [-0.2, -0.15) is 0 Å². The van der Waals surface area contributed by atoms with E-state index in [4.69, 9.17) is 4.74 Å². The zero-order valence-corrected chi connectivity index (χ0v) is 13.6. The van der Waals surface area contributed by atoms with E-state index in [9.17, 15) is 4.79 Å². The minimum Gasteiger partial charge on any atom is -0.486 e. The monoisotopic (exact) mass is 316 g/mol. The first kappa shape index (κ1) is 15.0. The van der Waals surface area contributed by atoms with Crippen LogP contribution in [0.25, 0.3) is 0 Å². The largest absolute Gasteiger partial charge is 0.486 e. The molecule has 1 saturated heterocycles. The Kier molecular flexibility index (Phi) is 4.73. The normalized spacial score (nSPS) is 14.9. The maximum Gasteiger partial charge on any atom is 0.265 e. The predicted octanol–water partition coefficient (Wildman–Crippen LogP) is 3.66. The van der Waals surface area contributed by atoms with E-state index in [1.165, 1.54) is 17.8 Å². The number of para-hydroxylation sites is 1. The van der Waals surface area contributed by atoms with Gasteiger partial charge in [0.25, 0.3) is 5.91 Å². The van der Waals surface area contributed by atoms with Crippen LogP contribution in [0.1, 0.15) is 39.6 Å². The molecule has 5 heteroatoms. The van der Waals surface area contributed by atoms with Crippen molar-refractivity contribution in [2.24, 2.45) is 0 Å². The zero-order valence-electron chi connectivity index (χ0n) is 12.7. The molecule has 0 radical (unpaired) electrons. The average Bonchev–Trinajstić information content (AvgIpc) is 2.95. The van der Waals surface area contributed by atoms with Gasteiger partial charge in [-0.15, -0.1) is 11.3 Å². The second-order valence-electron chi connectivity index (χ2n) is 5.48. The van der Waals surface area contributed by atoms with Gasteiger partial charge in [-0.25, -0.2) is 4.98 Å². The zero-order chi connectivity index (χ0) is 15.4. The standard InChI is InChI=1S/C17H20N2O2S/c1-13-16(17(20)19-10-6-3-7-11-19)22-15(18-13)12-21-14-8-4-2-5-9-14/h2,4-5,8-9H,3,6-7,10-12H2,1H3. The lowest BCUT2D eigenvalue weighted by molar-refractivity contribution is 0.0728. The van der Waals surface area contributed by atoms with Crippen LogP contribution >= 0.6 is 11.3 Å². The van der Waals surface area contributed by atoms with E-state index >= 15 is 0 Å². The predicted molar refractivity (Wildman–Crippen MR) is 87.4 cm³/mol. The van der Waals surface area contributed by atoms with Gasteiger partial charge >= 0.3 is 0 Å². The molecule has 1 aromatic heterocycles. The number of carbonyl (C=O) groups excluding carboxylic acids is 1. The van der Waals surface area contributed by atoms with Gasteiger partial charge in [0.1, 0.15) is 22.2 Å². The fraction of sp³-hybridized carbons (Fsp3) is 0.412. The molecular formula is C17H20N2O2S. The number of benzene rings is 1. The summed E-state index contributed by atoms with van der Waals surface area (Å²) < 4.78 is 5.71. The van der Waals surface area contributed by atoms with E-state index in [-0.39, 0.29) is 5.91 Å². The Bertz CT molecular complexity index is 633. The quantitative estimate of drug-likeness (QED) is 0.864. The smallest absolute Gasteiger partial charge is 0.265 e. The van der Waals surface area contributed by atoms with Crippen LogP contribution in [0.5, 0.6) is 5.75 Å². The number of piperidine rings is 1. The van der Waals surface area contributed by atoms with Crippen molar-refractivity contribution >= 4 is 17.2 Å². The van der Waals surface area contributed by atoms with Gasteiger partial charge in [0.05, 0.1) is 5.69 Å². The number of thiazole rings is 1. The van der Waals surface area contributed by atoms with Crippen molar-refractivity contribution in [2.45, 2.75) is 32.8 Å². The maximum atomic E-state index is 12.6. The Morgan fingerprint density at radius 3 is 2.68 bits per heavy atom. The van der Waals surface area contributed by atoms with Gasteiger partial charge in [-0.1, -0.05) is 18.2 Å². The number of hydrogen-bond donors (Lipinski definition) is 0. The summed E-state index contributed by atoms with van der Waals surface area (Å²) in [6, 6.07) is 9.66. The molecule has 0 unspecified atom stereocenters. The minimum atomic E-state index is 0.126. The molecule has 1 aliphatic rings. The third-order valence-corrected chi connectivity index (χ3v) is 4.90. The Morgan fingerprint density at radius 1 is 1.23 bits per heavy atom. The van der Waals surface area contributed by atoms with Crippen LogP contribution in [0.15, 0.2) is 30.3 Å². The molecule has 0 saturated carbocycles. The highest BCUT2D eigenvalue weighted by Gasteiger charge is 2.22. The van der Waals surface area contributed by atoms with Gasteiger partial charge in [0.15, 0.2) is 0 Å². The molecule has 2 aromatic rings. The Balaban J connectivity index is 1.66. The first-order chi connectivity index (χ1) is 10.7. The topological polar surface area (TPSA) is 42.4 Å². The van der Waals surface area contributed by atoms with Gasteiger partial charge < -0.3 is 9.64 Å². The Labute approximate surface area is 134 Å². The average molecular weight is 316 g/mol. The van der Waals surface area contributed by atoms with Gasteiger partial charge in [0.2, 0.25) is 0 Å². The molecule has 0 N–H and O–H groups in total. The summed E-state index contributed by atoms with van der Waals surface area (Å²) in [5, 5.41) is 0.849. The van der Waals surface area contributed by atoms with Gasteiger partial charge in [-0.3, -0.25) is 4.79 Å². The van der Waals surface area contributed by atoms with E-state index in [1.54, 1.807) is 0 Å². The molecule has 0 atom stereocenters. The highest BCUT2D eigenvalue weighted by molar-refractivity contribution is 7.13. The van der Waals surface area contributed by atoms with Crippen LogP contribution in [0.2, 0.25) is 0 Å². The number of carbonyl (C=O) groups is 1. The number of ether oxygens (including phenoxy) is 1. The summed E-state index contributed by atoms with van der Waals surface area (Å²) in [5.41, 5.74) is 0.812. The van der Waals surface area contributed by atoms with Crippen molar-refractivity contribution in [1.82, 2.24) is 9.88 Å². The van der Waals surface area contributed by atoms with Crippen molar-refractivity contribution in [3.8, 4) is 5.75 Å². The highest BCUT2D eigenvalue weighted by Crippen LogP contribution is 2.23. The van der Waals surface area contributed by atoms with Crippen LogP contribution in [-0.2, 0) is 6.61 Å². The molecule has 0 bridgehead atoms. The number of rotatable bonds is 4. The molecule has 1 fully saturated rings. The fourth-order valence-electron chi connectivity index (χ4n) is 2.61. The van der Waals surface area contributed by atoms with Crippen LogP contribution < -0.4 is 4.74 Å². The number of likely N-dealkylation sites (tertiary alicyclic amines) is 1. The molecule has 116 valence electrons. The SMILES string of the molecule is Cc1nc(COc2ccccc2)sc1C(=O)N1CCCCC1. The van der Waals surface area contributed by atoms with Gasteiger partial charge in [0, 0.05) is 13.1 Å². The molecule has 3 rings (SSSR count). The molecule has 1 aliphatic heterocycles. The second-order valence-corrected chi connectivity index (χ2v) is 6.56. The van der Waals surface area contributed by atoms with E-state index in [0.29, 0.717) is 6.61 Å². The number of aryl methyl sites for hydroxylation is 1. The summed E-state index contributed by atoms with van der Waals surface area (Å²) in [7, 11) is 0. The maximum absolute atomic E-state index is 12.6. The van der Waals surface area contributed by atoms with Crippen LogP contribution in [0.4, 0.5) is 0 Å². The fourth-order valence-corrected chi connectivity index (χ4v) is 3.56. The number of hydrogen-bond acceptors (Lipinski definition) is 4. The lowest BCUT2D eigenvalue weighted by atomic mass is 10.1. The molecule has 0 aliphatic carbocycles. The summed E-state index contributed by atoms with van der Waals surface area (Å²) in [5.74, 6) is 0.944. The molecule has 1 aromatic carbocycles.